The number of piperidine rings is 1. The smallest absolute Gasteiger partial charge is 0.255 e. The highest BCUT2D eigenvalue weighted by molar-refractivity contribution is 5.95. The molecule has 0 radical (unpaired) electrons. The molecule has 2 fully saturated rings. The summed E-state index contributed by atoms with van der Waals surface area (Å²) in [6.07, 6.45) is 4.81. The number of nitrogens with one attached hydrogen (secondary N) is 2. The van der Waals surface area contributed by atoms with Gasteiger partial charge in [-0.3, -0.25) is 14.6 Å². The Kier molecular flexibility index (Phi) is 5.03. The molecule has 4 heterocycles. The number of amides is 1. The van der Waals surface area contributed by atoms with Gasteiger partial charge in [0.25, 0.3) is 5.91 Å². The Hall–Kier alpha value is -3.20. The van der Waals surface area contributed by atoms with Crippen molar-refractivity contribution in [2.75, 3.05) is 18.0 Å². The van der Waals surface area contributed by atoms with Crippen LogP contribution in [-0.2, 0) is 18.6 Å². The molecule has 1 saturated heterocycles. The normalized spacial score (nSPS) is 22.9. The Morgan fingerprint density at radius 1 is 1.26 bits per heavy atom. The van der Waals surface area contributed by atoms with Crippen LogP contribution in [0.25, 0.3) is 0 Å². The summed E-state index contributed by atoms with van der Waals surface area (Å²) in [4.78, 5) is 20.5. The van der Waals surface area contributed by atoms with E-state index in [0.29, 0.717) is 17.8 Å². The molecule has 0 aromatic carbocycles. The SMILES string of the molecule is Cc1nc(N2CC3CC3C2)ccc1Cn1cc(C(=O)N[C@@H]2CCc3c2n[nH]c3C)c(C(C)(C)O)n1. The second-order valence-corrected chi connectivity index (χ2v) is 11.0. The molecule has 9 heteroatoms. The van der Waals surface area contributed by atoms with Crippen LogP contribution in [-0.4, -0.2) is 49.1 Å². The molecule has 1 amide bonds. The average molecular weight is 476 g/mol. The van der Waals surface area contributed by atoms with Gasteiger partial charge in [0, 0.05) is 30.7 Å². The van der Waals surface area contributed by atoms with Crippen LogP contribution in [0.5, 0.6) is 0 Å². The quantitative estimate of drug-likeness (QED) is 0.506. The second kappa shape index (κ2) is 7.91. The molecular weight excluding hydrogens is 442 g/mol. The Morgan fingerprint density at radius 3 is 2.74 bits per heavy atom. The van der Waals surface area contributed by atoms with Crippen molar-refractivity contribution < 1.29 is 9.90 Å². The minimum atomic E-state index is -1.25. The van der Waals surface area contributed by atoms with Crippen LogP contribution < -0.4 is 10.2 Å². The third-order valence-electron chi connectivity index (χ3n) is 7.83. The van der Waals surface area contributed by atoms with Gasteiger partial charge in [-0.05, 0) is 76.0 Å². The number of hydrogen-bond donors (Lipinski definition) is 3. The van der Waals surface area contributed by atoms with Crippen molar-refractivity contribution in [2.24, 2.45) is 11.8 Å². The van der Waals surface area contributed by atoms with E-state index in [-0.39, 0.29) is 11.9 Å². The highest BCUT2D eigenvalue weighted by atomic mass is 16.3. The zero-order chi connectivity index (χ0) is 24.5. The molecule has 0 bridgehead atoms. The minimum Gasteiger partial charge on any atom is -0.384 e. The molecule has 2 unspecified atom stereocenters. The summed E-state index contributed by atoms with van der Waals surface area (Å²) in [5.41, 5.74) is 4.65. The van der Waals surface area contributed by atoms with Crippen LogP contribution in [0.3, 0.4) is 0 Å². The van der Waals surface area contributed by atoms with Crippen molar-refractivity contribution in [3.8, 4) is 0 Å². The first-order chi connectivity index (χ1) is 16.7. The first-order valence-corrected chi connectivity index (χ1v) is 12.5. The summed E-state index contributed by atoms with van der Waals surface area (Å²) in [6, 6.07) is 4.05. The monoisotopic (exact) mass is 475 g/mol. The Labute approximate surface area is 204 Å². The minimum absolute atomic E-state index is 0.143. The average Bonchev–Trinajstić information content (AvgIpc) is 3.24. The fourth-order valence-corrected chi connectivity index (χ4v) is 5.68. The number of carbonyl (C=O) groups is 1. The molecule has 1 aliphatic heterocycles. The summed E-state index contributed by atoms with van der Waals surface area (Å²) in [6.45, 7) is 10.0. The molecule has 3 aromatic heterocycles. The van der Waals surface area contributed by atoms with Crippen molar-refractivity contribution in [1.29, 1.82) is 0 Å². The predicted octanol–water partition coefficient (Wildman–Crippen LogP) is 2.77. The maximum absolute atomic E-state index is 13.3. The number of aromatic amines is 1. The fraction of sp³-hybridized carbons (Fsp3) is 0.538. The lowest BCUT2D eigenvalue weighted by Gasteiger charge is -2.20. The molecule has 35 heavy (non-hydrogen) atoms. The Morgan fingerprint density at radius 2 is 2.03 bits per heavy atom. The number of fused-ring (bicyclic) bond motifs is 2. The number of hydrogen-bond acceptors (Lipinski definition) is 6. The molecule has 3 aliphatic rings. The van der Waals surface area contributed by atoms with Crippen molar-refractivity contribution >= 4 is 11.7 Å². The highest BCUT2D eigenvalue weighted by Crippen LogP contribution is 2.46. The van der Waals surface area contributed by atoms with Gasteiger partial charge < -0.3 is 15.3 Å². The summed E-state index contributed by atoms with van der Waals surface area (Å²) >= 11 is 0. The van der Waals surface area contributed by atoms with Gasteiger partial charge in [-0.1, -0.05) is 6.07 Å². The zero-order valence-electron chi connectivity index (χ0n) is 20.8. The van der Waals surface area contributed by atoms with Crippen LogP contribution >= 0.6 is 0 Å². The second-order valence-electron chi connectivity index (χ2n) is 11.0. The standard InChI is InChI=1S/C26H33N7O2/c1-14-16(5-8-22(27-14)32-10-17-9-18(17)11-32)12-33-13-20(24(31-33)26(3,4)35)25(34)28-21-7-6-19-15(2)29-30-23(19)21/h5,8,13,17-18,21,35H,6-7,9-12H2,1-4H3,(H,28,34)(H,29,30)/t17?,18?,21-/m1/s1. The van der Waals surface area contributed by atoms with Crippen LogP contribution in [0.4, 0.5) is 5.82 Å². The van der Waals surface area contributed by atoms with Crippen molar-refractivity contribution in [3.63, 3.8) is 0 Å². The number of rotatable bonds is 6. The van der Waals surface area contributed by atoms with E-state index in [1.54, 1.807) is 24.7 Å². The molecule has 1 saturated carbocycles. The van der Waals surface area contributed by atoms with E-state index >= 15 is 0 Å². The number of anilines is 1. The van der Waals surface area contributed by atoms with Gasteiger partial charge in [0.15, 0.2) is 0 Å². The maximum atomic E-state index is 13.3. The molecule has 9 nitrogen and oxygen atoms in total. The largest absolute Gasteiger partial charge is 0.384 e. The zero-order valence-corrected chi connectivity index (χ0v) is 20.8. The molecule has 6 rings (SSSR count). The van der Waals surface area contributed by atoms with E-state index in [9.17, 15) is 9.90 Å². The van der Waals surface area contributed by atoms with E-state index in [2.05, 4.69) is 37.6 Å². The number of pyridine rings is 1. The topological polar surface area (TPSA) is 112 Å². The van der Waals surface area contributed by atoms with Crippen molar-refractivity contribution in [2.45, 2.75) is 65.1 Å². The van der Waals surface area contributed by atoms with Crippen molar-refractivity contribution in [1.82, 2.24) is 30.3 Å². The van der Waals surface area contributed by atoms with Crippen molar-refractivity contribution in [3.05, 3.63) is 57.8 Å². The fourth-order valence-electron chi connectivity index (χ4n) is 5.68. The number of carbonyl (C=O) groups excluding carboxylic acids is 1. The van der Waals surface area contributed by atoms with Gasteiger partial charge in [-0.2, -0.15) is 10.2 Å². The van der Waals surface area contributed by atoms with E-state index < -0.39 is 5.60 Å². The number of H-pyrrole nitrogens is 1. The van der Waals surface area contributed by atoms with E-state index in [4.69, 9.17) is 4.98 Å². The third-order valence-corrected chi connectivity index (χ3v) is 7.83. The first-order valence-electron chi connectivity index (χ1n) is 12.5. The van der Waals surface area contributed by atoms with Gasteiger partial charge in [0.1, 0.15) is 17.1 Å². The Balaban J connectivity index is 1.22. The number of nitrogens with zero attached hydrogens (tertiary/aromatic N) is 5. The third kappa shape index (κ3) is 4.01. The van der Waals surface area contributed by atoms with E-state index in [1.807, 2.05) is 13.8 Å². The summed E-state index contributed by atoms with van der Waals surface area (Å²) < 4.78 is 1.73. The lowest BCUT2D eigenvalue weighted by molar-refractivity contribution is 0.0698. The lowest BCUT2D eigenvalue weighted by Crippen LogP contribution is -2.30. The van der Waals surface area contributed by atoms with Crippen LogP contribution in [0, 0.1) is 25.7 Å². The molecule has 3 N–H and O–H groups in total. The maximum Gasteiger partial charge on any atom is 0.255 e. The molecule has 3 aromatic rings. The van der Waals surface area contributed by atoms with Gasteiger partial charge in [-0.15, -0.1) is 0 Å². The van der Waals surface area contributed by atoms with Crippen LogP contribution in [0.1, 0.15) is 77.0 Å². The molecule has 0 spiro atoms. The summed E-state index contributed by atoms with van der Waals surface area (Å²) in [5.74, 6) is 2.52. The number of aliphatic hydroxyl groups is 1. The Bertz CT molecular complexity index is 1290. The van der Waals surface area contributed by atoms with Gasteiger partial charge >= 0.3 is 0 Å². The van der Waals surface area contributed by atoms with Gasteiger partial charge in [0.05, 0.1) is 23.8 Å². The highest BCUT2D eigenvalue weighted by Gasteiger charge is 2.45. The predicted molar refractivity (Wildman–Crippen MR) is 131 cm³/mol. The van der Waals surface area contributed by atoms with Gasteiger partial charge in [-0.25, -0.2) is 4.98 Å². The van der Waals surface area contributed by atoms with E-state index in [0.717, 1.165) is 66.2 Å². The molecule has 3 atom stereocenters. The van der Waals surface area contributed by atoms with Gasteiger partial charge in [0.2, 0.25) is 0 Å². The number of aromatic nitrogens is 5. The first kappa shape index (κ1) is 22.3. The molecule has 184 valence electrons. The molecule has 2 aliphatic carbocycles. The lowest BCUT2D eigenvalue weighted by atomic mass is 10.0. The van der Waals surface area contributed by atoms with E-state index in [1.165, 1.54) is 12.0 Å². The van der Waals surface area contributed by atoms with Crippen LogP contribution in [0.15, 0.2) is 18.3 Å². The van der Waals surface area contributed by atoms with Crippen LogP contribution in [0.2, 0.25) is 0 Å². The summed E-state index contributed by atoms with van der Waals surface area (Å²) in [5, 5.41) is 25.9. The molecular formula is C26H33N7O2. The number of aryl methyl sites for hydroxylation is 2. The summed E-state index contributed by atoms with van der Waals surface area (Å²) in [7, 11) is 0.